The molecule has 0 spiro atoms. The third-order valence-corrected chi connectivity index (χ3v) is 6.90. The van der Waals surface area contributed by atoms with Crippen LogP contribution in [0.3, 0.4) is 0 Å². The third kappa shape index (κ3) is 5.75. The molecule has 0 aliphatic rings. The Bertz CT molecular complexity index is 1110. The molecule has 0 saturated carbocycles. The summed E-state index contributed by atoms with van der Waals surface area (Å²) in [6, 6.07) is 22.8. The Kier molecular flexibility index (Phi) is 8.03. The SMILES string of the molecule is CCOCc1ccc(CNC(=O)c2ccc(S(=O)(=O)N(CC)c3ccccc3)cc2)cc1. The first kappa shape index (κ1) is 23.5. The highest BCUT2D eigenvalue weighted by Crippen LogP contribution is 2.23. The minimum Gasteiger partial charge on any atom is -0.377 e. The Balaban J connectivity index is 1.65. The van der Waals surface area contributed by atoms with Crippen LogP contribution in [0.2, 0.25) is 0 Å². The molecule has 3 aromatic rings. The van der Waals surface area contributed by atoms with Crippen molar-refractivity contribution >= 4 is 21.6 Å². The summed E-state index contributed by atoms with van der Waals surface area (Å²) in [6.45, 7) is 5.66. The van der Waals surface area contributed by atoms with E-state index in [4.69, 9.17) is 4.74 Å². The molecule has 0 saturated heterocycles. The van der Waals surface area contributed by atoms with Crippen LogP contribution < -0.4 is 9.62 Å². The molecular formula is C25H28N2O4S. The zero-order chi connectivity index (χ0) is 23.0. The Labute approximate surface area is 189 Å². The van der Waals surface area contributed by atoms with Crippen molar-refractivity contribution in [1.82, 2.24) is 5.32 Å². The molecule has 3 aromatic carbocycles. The van der Waals surface area contributed by atoms with Crippen LogP contribution in [0, 0.1) is 0 Å². The quantitative estimate of drug-likeness (QED) is 0.496. The first-order valence-electron chi connectivity index (χ1n) is 10.6. The first-order valence-corrected chi connectivity index (χ1v) is 12.0. The smallest absolute Gasteiger partial charge is 0.264 e. The van der Waals surface area contributed by atoms with Crippen LogP contribution in [-0.2, 0) is 27.9 Å². The van der Waals surface area contributed by atoms with Gasteiger partial charge < -0.3 is 10.1 Å². The molecule has 0 heterocycles. The van der Waals surface area contributed by atoms with Gasteiger partial charge in [0.15, 0.2) is 0 Å². The van der Waals surface area contributed by atoms with Gasteiger partial charge in [0.25, 0.3) is 15.9 Å². The van der Waals surface area contributed by atoms with Gasteiger partial charge in [-0.15, -0.1) is 0 Å². The van der Waals surface area contributed by atoms with Crippen molar-refractivity contribution < 1.29 is 17.9 Å². The molecule has 6 nitrogen and oxygen atoms in total. The van der Waals surface area contributed by atoms with E-state index in [9.17, 15) is 13.2 Å². The average Bonchev–Trinajstić information content (AvgIpc) is 2.83. The number of sulfonamides is 1. The summed E-state index contributed by atoms with van der Waals surface area (Å²) in [4.78, 5) is 12.7. The van der Waals surface area contributed by atoms with E-state index in [0.717, 1.165) is 11.1 Å². The molecule has 0 atom stereocenters. The molecule has 0 aromatic heterocycles. The lowest BCUT2D eigenvalue weighted by atomic mass is 10.1. The average molecular weight is 453 g/mol. The molecule has 0 fully saturated rings. The number of para-hydroxylation sites is 1. The first-order chi connectivity index (χ1) is 15.5. The Morgan fingerprint density at radius 3 is 2.09 bits per heavy atom. The van der Waals surface area contributed by atoms with Crippen molar-refractivity contribution in [1.29, 1.82) is 0 Å². The molecule has 0 radical (unpaired) electrons. The van der Waals surface area contributed by atoms with Gasteiger partial charge in [-0.1, -0.05) is 42.5 Å². The molecule has 1 amide bonds. The summed E-state index contributed by atoms with van der Waals surface area (Å²) in [7, 11) is -3.72. The number of benzene rings is 3. The number of carbonyl (C=O) groups excluding carboxylic acids is 1. The van der Waals surface area contributed by atoms with Gasteiger partial charge in [0.05, 0.1) is 17.2 Å². The van der Waals surface area contributed by atoms with Crippen LogP contribution in [0.25, 0.3) is 0 Å². The largest absolute Gasteiger partial charge is 0.377 e. The van der Waals surface area contributed by atoms with E-state index >= 15 is 0 Å². The van der Waals surface area contributed by atoms with Crippen molar-refractivity contribution in [3.63, 3.8) is 0 Å². The minimum atomic E-state index is -3.72. The summed E-state index contributed by atoms with van der Waals surface area (Å²) >= 11 is 0. The fourth-order valence-corrected chi connectivity index (χ4v) is 4.72. The van der Waals surface area contributed by atoms with E-state index in [1.54, 1.807) is 31.2 Å². The maximum absolute atomic E-state index is 13.1. The fourth-order valence-electron chi connectivity index (χ4n) is 3.25. The summed E-state index contributed by atoms with van der Waals surface area (Å²) in [5.74, 6) is -0.261. The van der Waals surface area contributed by atoms with E-state index in [1.165, 1.54) is 28.6 Å². The van der Waals surface area contributed by atoms with E-state index in [1.807, 2.05) is 37.3 Å². The van der Waals surface area contributed by atoms with Crippen molar-refractivity contribution in [2.45, 2.75) is 31.9 Å². The Hall–Kier alpha value is -3.16. The van der Waals surface area contributed by atoms with Crippen molar-refractivity contribution in [2.75, 3.05) is 17.5 Å². The van der Waals surface area contributed by atoms with E-state index in [2.05, 4.69) is 5.32 Å². The molecule has 0 aliphatic heterocycles. The van der Waals surface area contributed by atoms with Crippen molar-refractivity contribution in [3.8, 4) is 0 Å². The Morgan fingerprint density at radius 1 is 0.875 bits per heavy atom. The second kappa shape index (κ2) is 10.9. The second-order valence-electron chi connectivity index (χ2n) is 7.17. The lowest BCUT2D eigenvalue weighted by molar-refractivity contribution is 0.0950. The van der Waals surface area contributed by atoms with E-state index in [0.29, 0.717) is 37.6 Å². The van der Waals surface area contributed by atoms with Crippen LogP contribution in [0.4, 0.5) is 5.69 Å². The minimum absolute atomic E-state index is 0.143. The molecule has 0 aliphatic carbocycles. The maximum atomic E-state index is 13.1. The standard InChI is InChI=1S/C25H28N2O4S/c1-3-27(23-8-6-5-7-9-23)32(29,30)24-16-14-22(15-17-24)25(28)26-18-20-10-12-21(13-11-20)19-31-4-2/h5-17H,3-4,18-19H2,1-2H3,(H,26,28). The maximum Gasteiger partial charge on any atom is 0.264 e. The van der Waals surface area contributed by atoms with Crippen LogP contribution in [-0.4, -0.2) is 27.5 Å². The molecule has 7 heteroatoms. The number of nitrogens with one attached hydrogen (secondary N) is 1. The highest BCUT2D eigenvalue weighted by Gasteiger charge is 2.23. The van der Waals surface area contributed by atoms with Crippen molar-refractivity contribution in [2.24, 2.45) is 0 Å². The number of carbonyl (C=O) groups is 1. The van der Waals surface area contributed by atoms with Crippen LogP contribution in [0.5, 0.6) is 0 Å². The highest BCUT2D eigenvalue weighted by atomic mass is 32.2. The molecule has 168 valence electrons. The predicted octanol–water partition coefficient (Wildman–Crippen LogP) is 4.37. The van der Waals surface area contributed by atoms with Gasteiger partial charge in [0, 0.05) is 25.3 Å². The number of ether oxygens (including phenoxy) is 1. The normalized spacial score (nSPS) is 11.2. The number of anilines is 1. The Morgan fingerprint density at radius 2 is 1.50 bits per heavy atom. The molecule has 3 rings (SSSR count). The predicted molar refractivity (Wildman–Crippen MR) is 126 cm³/mol. The van der Waals surface area contributed by atoms with Crippen LogP contribution >= 0.6 is 0 Å². The van der Waals surface area contributed by atoms with Crippen molar-refractivity contribution in [3.05, 3.63) is 95.6 Å². The van der Waals surface area contributed by atoms with Crippen LogP contribution in [0.15, 0.2) is 83.8 Å². The van der Waals surface area contributed by atoms with Gasteiger partial charge in [-0.25, -0.2) is 8.42 Å². The molecule has 32 heavy (non-hydrogen) atoms. The lowest BCUT2D eigenvalue weighted by Crippen LogP contribution is -2.30. The monoisotopic (exact) mass is 452 g/mol. The molecule has 0 unspecified atom stereocenters. The third-order valence-electron chi connectivity index (χ3n) is 4.98. The summed E-state index contributed by atoms with van der Waals surface area (Å²) in [6.07, 6.45) is 0. The van der Waals surface area contributed by atoms with E-state index < -0.39 is 10.0 Å². The zero-order valence-corrected chi connectivity index (χ0v) is 19.1. The number of hydrogen-bond donors (Lipinski definition) is 1. The molecule has 1 N–H and O–H groups in total. The number of hydrogen-bond acceptors (Lipinski definition) is 4. The van der Waals surface area contributed by atoms with Gasteiger partial charge in [-0.05, 0) is 61.4 Å². The molecule has 0 bridgehead atoms. The zero-order valence-electron chi connectivity index (χ0n) is 18.3. The van der Waals surface area contributed by atoms with Gasteiger partial charge in [0.2, 0.25) is 0 Å². The van der Waals surface area contributed by atoms with Gasteiger partial charge >= 0.3 is 0 Å². The van der Waals surface area contributed by atoms with E-state index in [-0.39, 0.29) is 10.8 Å². The summed E-state index contributed by atoms with van der Waals surface area (Å²) in [5.41, 5.74) is 3.05. The lowest BCUT2D eigenvalue weighted by Gasteiger charge is -2.23. The number of amides is 1. The molecular weight excluding hydrogens is 424 g/mol. The second-order valence-corrected chi connectivity index (χ2v) is 9.03. The topological polar surface area (TPSA) is 75.7 Å². The fraction of sp³-hybridized carbons (Fsp3) is 0.240. The number of rotatable bonds is 10. The highest BCUT2D eigenvalue weighted by molar-refractivity contribution is 7.92. The summed E-state index contributed by atoms with van der Waals surface area (Å²) < 4.78 is 32.9. The number of nitrogens with zero attached hydrogens (tertiary/aromatic N) is 1. The summed E-state index contributed by atoms with van der Waals surface area (Å²) in [5, 5.41) is 2.87. The van der Waals surface area contributed by atoms with Gasteiger partial charge in [-0.3, -0.25) is 9.10 Å². The van der Waals surface area contributed by atoms with Crippen LogP contribution in [0.1, 0.15) is 35.3 Å². The van der Waals surface area contributed by atoms with Gasteiger partial charge in [0.1, 0.15) is 0 Å². The van der Waals surface area contributed by atoms with Gasteiger partial charge in [-0.2, -0.15) is 0 Å².